The van der Waals surface area contributed by atoms with Crippen LogP contribution in [0.4, 0.5) is 17.1 Å². The summed E-state index contributed by atoms with van der Waals surface area (Å²) < 4.78 is 13.0. The maximum Gasteiger partial charge on any atom is 0.200 e. The Morgan fingerprint density at radius 1 is 0.500 bits per heavy atom. The minimum Gasteiger partial charge on any atom is -0.456 e. The average molecular weight is 648 g/mol. The lowest BCUT2D eigenvalue weighted by atomic mass is 9.93. The molecule has 50 heavy (non-hydrogen) atoms. The fourth-order valence-corrected chi connectivity index (χ4v) is 7.09. The predicted octanol–water partition coefficient (Wildman–Crippen LogP) is 12.6. The van der Waals surface area contributed by atoms with Gasteiger partial charge in [-0.1, -0.05) is 105 Å². The maximum atomic E-state index is 13.2. The molecule has 0 spiro atoms. The van der Waals surface area contributed by atoms with E-state index in [2.05, 4.69) is 122 Å². The summed E-state index contributed by atoms with van der Waals surface area (Å²) in [6.07, 6.45) is 0. The predicted molar refractivity (Wildman–Crippen MR) is 205 cm³/mol. The molecule has 0 bridgehead atoms. The molecule has 0 atom stereocenters. The third kappa shape index (κ3) is 4.96. The average Bonchev–Trinajstić information content (AvgIpc) is 3.16. The highest BCUT2D eigenvalue weighted by molar-refractivity contribution is 5.97. The van der Waals surface area contributed by atoms with Gasteiger partial charge in [0.15, 0.2) is 0 Å². The molecule has 0 saturated carbocycles. The first-order chi connectivity index (χ1) is 24.5. The summed E-state index contributed by atoms with van der Waals surface area (Å²) in [5.41, 5.74) is 11.8. The molecule has 1 aliphatic heterocycles. The summed E-state index contributed by atoms with van der Waals surface area (Å²) in [4.78, 5) is 15.5. The third-order valence-corrected chi connectivity index (χ3v) is 9.68. The van der Waals surface area contributed by atoms with Crippen molar-refractivity contribution in [3.8, 4) is 44.9 Å². The molecule has 0 saturated heterocycles. The van der Waals surface area contributed by atoms with Gasteiger partial charge < -0.3 is 14.1 Å². The topological polar surface area (TPSA) is 42.7 Å². The van der Waals surface area contributed by atoms with E-state index in [0.717, 1.165) is 61.9 Å². The number of anilines is 3. The molecule has 240 valence electrons. The molecule has 8 aromatic rings. The van der Waals surface area contributed by atoms with Gasteiger partial charge in [-0.3, -0.25) is 4.79 Å². The molecule has 0 aliphatic carbocycles. The highest BCUT2D eigenvalue weighted by Crippen LogP contribution is 2.50. The molecule has 0 fully saturated rings. The molecule has 2 heterocycles. The lowest BCUT2D eigenvalue weighted by Crippen LogP contribution is -2.13. The van der Waals surface area contributed by atoms with Crippen molar-refractivity contribution in [1.29, 1.82) is 0 Å². The zero-order valence-corrected chi connectivity index (χ0v) is 27.8. The summed E-state index contributed by atoms with van der Waals surface area (Å²) in [6, 6.07) is 53.8. The van der Waals surface area contributed by atoms with Crippen molar-refractivity contribution in [2.24, 2.45) is 0 Å². The molecule has 0 unspecified atom stereocenters. The van der Waals surface area contributed by atoms with Crippen molar-refractivity contribution in [3.05, 3.63) is 174 Å². The van der Waals surface area contributed by atoms with Crippen LogP contribution in [0, 0.1) is 0 Å². The Morgan fingerprint density at radius 2 is 1.10 bits per heavy atom. The zero-order valence-electron chi connectivity index (χ0n) is 27.8. The van der Waals surface area contributed by atoms with Gasteiger partial charge in [0.25, 0.3) is 0 Å². The maximum absolute atomic E-state index is 13.2. The van der Waals surface area contributed by atoms with E-state index in [1.807, 2.05) is 54.6 Å². The highest BCUT2D eigenvalue weighted by atomic mass is 16.5. The summed E-state index contributed by atoms with van der Waals surface area (Å²) in [6.45, 7) is 4.44. The number of fused-ring (bicyclic) bond motifs is 8. The van der Waals surface area contributed by atoms with Crippen LogP contribution in [0.1, 0.15) is 25.3 Å². The first-order valence-corrected chi connectivity index (χ1v) is 17.0. The van der Waals surface area contributed by atoms with Crippen molar-refractivity contribution >= 4 is 39.0 Å². The van der Waals surface area contributed by atoms with Crippen LogP contribution in [-0.2, 0) is 0 Å². The van der Waals surface area contributed by atoms with E-state index in [0.29, 0.717) is 27.9 Å². The SMILES string of the molecule is CC(C)c1ccc2c(c1)-c1ccccc1N(c1ccc(-c3ccc4c(=O)c5ccccc5oc4c3)cc1)c1ccccc1-c1ccccc1O2. The van der Waals surface area contributed by atoms with Crippen molar-refractivity contribution < 1.29 is 9.15 Å². The first kappa shape index (κ1) is 29.7. The van der Waals surface area contributed by atoms with Crippen LogP contribution in [0.3, 0.4) is 0 Å². The first-order valence-electron chi connectivity index (χ1n) is 17.0. The van der Waals surface area contributed by atoms with E-state index in [4.69, 9.17) is 9.15 Å². The monoisotopic (exact) mass is 647 g/mol. The number of benzene rings is 7. The van der Waals surface area contributed by atoms with Gasteiger partial charge in [0.1, 0.15) is 22.7 Å². The molecule has 7 aromatic carbocycles. The van der Waals surface area contributed by atoms with Crippen LogP contribution in [-0.4, -0.2) is 0 Å². The number of rotatable bonds is 3. The number of hydrogen-bond donors (Lipinski definition) is 0. The number of ether oxygens (including phenoxy) is 1. The smallest absolute Gasteiger partial charge is 0.200 e. The van der Waals surface area contributed by atoms with Crippen LogP contribution < -0.4 is 15.1 Å². The summed E-state index contributed by atoms with van der Waals surface area (Å²) >= 11 is 0. The number of para-hydroxylation sites is 4. The Morgan fingerprint density at radius 3 is 1.86 bits per heavy atom. The molecule has 4 heteroatoms. The number of nitrogens with zero attached hydrogens (tertiary/aromatic N) is 1. The zero-order chi connectivity index (χ0) is 33.8. The number of hydrogen-bond acceptors (Lipinski definition) is 4. The molecular weight excluding hydrogens is 615 g/mol. The van der Waals surface area contributed by atoms with Gasteiger partial charge in [-0.25, -0.2) is 0 Å². The van der Waals surface area contributed by atoms with Crippen molar-refractivity contribution in [1.82, 2.24) is 0 Å². The second-order valence-electron chi connectivity index (χ2n) is 13.1. The minimum atomic E-state index is -0.0149. The summed E-state index contributed by atoms with van der Waals surface area (Å²) in [5.74, 6) is 1.99. The van der Waals surface area contributed by atoms with Gasteiger partial charge in [-0.15, -0.1) is 0 Å². The molecule has 9 rings (SSSR count). The van der Waals surface area contributed by atoms with Crippen molar-refractivity contribution in [2.45, 2.75) is 19.8 Å². The molecule has 0 radical (unpaired) electrons. The van der Waals surface area contributed by atoms with Crippen LogP contribution in [0.25, 0.3) is 55.3 Å². The standard InChI is InChI=1S/C46H33NO3/c1-29(2)31-22-26-44-39(27-31)35-12-4-8-16-41(35)47(40-15-7-3-11-34(40)36-13-5-9-17-42(36)49-44)33-23-19-30(20-24-33)32-21-25-38-45(28-32)50-43-18-10-6-14-37(43)46(38)48/h3-29H,1-2H3. The van der Waals surface area contributed by atoms with E-state index in [1.165, 1.54) is 5.56 Å². The lowest BCUT2D eigenvalue weighted by molar-refractivity contribution is 0.486. The molecular formula is C46H33NO3. The Balaban J connectivity index is 1.24. The van der Waals surface area contributed by atoms with Crippen LogP contribution in [0.2, 0.25) is 0 Å². The second kappa shape index (κ2) is 11.9. The van der Waals surface area contributed by atoms with Crippen LogP contribution >= 0.6 is 0 Å². The lowest BCUT2D eigenvalue weighted by Gasteiger charge is -2.31. The van der Waals surface area contributed by atoms with E-state index in [-0.39, 0.29) is 5.43 Å². The van der Waals surface area contributed by atoms with Gasteiger partial charge in [0.2, 0.25) is 5.43 Å². The van der Waals surface area contributed by atoms with Crippen LogP contribution in [0.15, 0.2) is 167 Å². The van der Waals surface area contributed by atoms with Gasteiger partial charge in [0, 0.05) is 27.9 Å². The Hall–Kier alpha value is -6.39. The summed E-state index contributed by atoms with van der Waals surface area (Å²) in [5, 5.41) is 1.17. The normalized spacial score (nSPS) is 12.2. The van der Waals surface area contributed by atoms with Gasteiger partial charge in [-0.05, 0) is 89.3 Å². The molecule has 1 aromatic heterocycles. The second-order valence-corrected chi connectivity index (χ2v) is 13.1. The highest BCUT2D eigenvalue weighted by Gasteiger charge is 2.25. The van der Waals surface area contributed by atoms with E-state index in [1.54, 1.807) is 0 Å². The Bertz CT molecular complexity index is 2630. The molecule has 0 N–H and O–H groups in total. The van der Waals surface area contributed by atoms with E-state index >= 15 is 0 Å². The van der Waals surface area contributed by atoms with E-state index < -0.39 is 0 Å². The fraction of sp³-hybridized carbons (Fsp3) is 0.0652. The summed E-state index contributed by atoms with van der Waals surface area (Å²) in [7, 11) is 0. The largest absolute Gasteiger partial charge is 0.456 e. The van der Waals surface area contributed by atoms with Gasteiger partial charge in [0.05, 0.1) is 22.1 Å². The van der Waals surface area contributed by atoms with Crippen LogP contribution in [0.5, 0.6) is 11.5 Å². The van der Waals surface area contributed by atoms with Gasteiger partial charge >= 0.3 is 0 Å². The fourth-order valence-electron chi connectivity index (χ4n) is 7.09. The Kier molecular flexibility index (Phi) is 7.10. The molecule has 1 aliphatic rings. The third-order valence-electron chi connectivity index (χ3n) is 9.68. The van der Waals surface area contributed by atoms with Crippen molar-refractivity contribution in [3.63, 3.8) is 0 Å². The minimum absolute atomic E-state index is 0.0149. The van der Waals surface area contributed by atoms with E-state index in [9.17, 15) is 4.79 Å². The Labute approximate surface area is 290 Å². The van der Waals surface area contributed by atoms with Gasteiger partial charge in [-0.2, -0.15) is 0 Å². The molecule has 4 nitrogen and oxygen atoms in total. The van der Waals surface area contributed by atoms with Crippen molar-refractivity contribution in [2.75, 3.05) is 4.90 Å². The quantitative estimate of drug-likeness (QED) is 0.179. The molecule has 0 amide bonds.